The Morgan fingerprint density at radius 1 is 1.33 bits per heavy atom. The zero-order chi connectivity index (χ0) is 15.5. The van der Waals surface area contributed by atoms with Gasteiger partial charge in [0, 0.05) is 17.8 Å². The lowest BCUT2D eigenvalue weighted by Gasteiger charge is -2.24. The van der Waals surface area contributed by atoms with E-state index >= 15 is 0 Å². The molecule has 0 radical (unpaired) electrons. The first-order valence-corrected chi connectivity index (χ1v) is 8.31. The van der Waals surface area contributed by atoms with Crippen molar-refractivity contribution < 1.29 is 26.7 Å². The monoisotopic (exact) mass is 321 g/mol. The molecule has 1 heterocycles. The molecule has 0 saturated carbocycles. The first-order chi connectivity index (χ1) is 9.89. The van der Waals surface area contributed by atoms with Crippen molar-refractivity contribution >= 4 is 15.5 Å². The fourth-order valence-corrected chi connectivity index (χ4v) is 3.96. The fourth-order valence-electron chi connectivity index (χ4n) is 2.33. The van der Waals surface area contributed by atoms with Gasteiger partial charge in [-0.1, -0.05) is 0 Å². The number of ether oxygens (including phenoxy) is 2. The summed E-state index contributed by atoms with van der Waals surface area (Å²) in [7, 11) is -1.68. The van der Waals surface area contributed by atoms with Crippen LogP contribution in [0.15, 0.2) is 18.2 Å². The van der Waals surface area contributed by atoms with Crippen molar-refractivity contribution in [3.05, 3.63) is 18.2 Å². The van der Waals surface area contributed by atoms with Crippen LogP contribution in [0.25, 0.3) is 0 Å². The maximum Gasteiger partial charge on any atom is 0.387 e. The predicted octanol–water partition coefficient (Wildman–Crippen LogP) is 2.29. The Morgan fingerprint density at radius 2 is 2.10 bits per heavy atom. The first-order valence-electron chi connectivity index (χ1n) is 6.49. The molecule has 1 fully saturated rings. The molecule has 0 aliphatic carbocycles. The highest BCUT2D eigenvalue weighted by Crippen LogP contribution is 2.32. The molecule has 0 bridgehead atoms. The summed E-state index contributed by atoms with van der Waals surface area (Å²) in [5.74, 6) is 0.353. The van der Waals surface area contributed by atoms with Crippen molar-refractivity contribution in [2.75, 3.05) is 23.9 Å². The Kier molecular flexibility index (Phi) is 4.87. The van der Waals surface area contributed by atoms with Crippen molar-refractivity contribution in [2.24, 2.45) is 0 Å². The van der Waals surface area contributed by atoms with Crippen LogP contribution in [0.5, 0.6) is 11.5 Å². The lowest BCUT2D eigenvalue weighted by Crippen LogP contribution is -2.34. The molecule has 1 aliphatic heterocycles. The number of halogens is 2. The standard InChI is InChI=1S/C13H17F2NO4S/c1-19-11-5-4-9(7-12(11)20-13(14)15)16-10-3-2-6-21(17,18)8-10/h4-5,7,10,13,16H,2-3,6,8H2,1H3. The molecule has 0 amide bonds. The van der Waals surface area contributed by atoms with Crippen molar-refractivity contribution in [2.45, 2.75) is 25.5 Å². The van der Waals surface area contributed by atoms with Gasteiger partial charge >= 0.3 is 6.61 Å². The number of anilines is 1. The number of methoxy groups -OCH3 is 1. The van der Waals surface area contributed by atoms with Crippen LogP contribution < -0.4 is 14.8 Å². The highest BCUT2D eigenvalue weighted by molar-refractivity contribution is 7.91. The van der Waals surface area contributed by atoms with Gasteiger partial charge in [0.2, 0.25) is 0 Å². The molecule has 1 saturated heterocycles. The summed E-state index contributed by atoms with van der Waals surface area (Å²) in [6, 6.07) is 4.29. The minimum atomic E-state index is -3.03. The summed E-state index contributed by atoms with van der Waals surface area (Å²) in [5.41, 5.74) is 0.522. The number of hydrogen-bond donors (Lipinski definition) is 1. The van der Waals surface area contributed by atoms with Crippen molar-refractivity contribution in [3.8, 4) is 11.5 Å². The van der Waals surface area contributed by atoms with Crippen molar-refractivity contribution in [1.29, 1.82) is 0 Å². The van der Waals surface area contributed by atoms with Crippen molar-refractivity contribution in [3.63, 3.8) is 0 Å². The van der Waals surface area contributed by atoms with Gasteiger partial charge in [-0.25, -0.2) is 8.42 Å². The number of hydrogen-bond acceptors (Lipinski definition) is 5. The molecule has 1 aromatic rings. The normalized spacial score (nSPS) is 21.0. The van der Waals surface area contributed by atoms with Crippen LogP contribution in [0.2, 0.25) is 0 Å². The maximum absolute atomic E-state index is 12.4. The molecule has 1 atom stereocenters. The van der Waals surface area contributed by atoms with E-state index in [1.165, 1.54) is 19.2 Å². The summed E-state index contributed by atoms with van der Waals surface area (Å²) < 4.78 is 57.2. The van der Waals surface area contributed by atoms with Crippen LogP contribution in [0.3, 0.4) is 0 Å². The third-order valence-corrected chi connectivity index (χ3v) is 5.03. The second-order valence-electron chi connectivity index (χ2n) is 4.84. The summed E-state index contributed by atoms with van der Waals surface area (Å²) in [4.78, 5) is 0. The highest BCUT2D eigenvalue weighted by atomic mass is 32.2. The largest absolute Gasteiger partial charge is 0.493 e. The van der Waals surface area contributed by atoms with Gasteiger partial charge < -0.3 is 14.8 Å². The number of benzene rings is 1. The molecule has 1 N–H and O–H groups in total. The Morgan fingerprint density at radius 3 is 2.71 bits per heavy atom. The van der Waals surface area contributed by atoms with Crippen LogP contribution >= 0.6 is 0 Å². The van der Waals surface area contributed by atoms with Crippen molar-refractivity contribution in [1.82, 2.24) is 0 Å². The molecule has 0 spiro atoms. The molecule has 1 aromatic carbocycles. The van der Waals surface area contributed by atoms with Gasteiger partial charge in [0.25, 0.3) is 0 Å². The lowest BCUT2D eigenvalue weighted by molar-refractivity contribution is -0.0511. The Hall–Kier alpha value is -1.57. The Balaban J connectivity index is 2.13. The molecule has 21 heavy (non-hydrogen) atoms. The van der Waals surface area contributed by atoms with Gasteiger partial charge in [0.15, 0.2) is 21.3 Å². The van der Waals surface area contributed by atoms with Crippen LogP contribution in [0.4, 0.5) is 14.5 Å². The second-order valence-corrected chi connectivity index (χ2v) is 7.07. The Bertz CT molecular complexity index is 592. The van der Waals surface area contributed by atoms with Gasteiger partial charge in [-0.15, -0.1) is 0 Å². The SMILES string of the molecule is COc1ccc(NC2CCCS(=O)(=O)C2)cc1OC(F)F. The predicted molar refractivity (Wildman–Crippen MR) is 74.9 cm³/mol. The molecule has 2 rings (SSSR count). The van der Waals surface area contributed by atoms with E-state index in [-0.39, 0.29) is 29.0 Å². The van der Waals surface area contributed by atoms with E-state index < -0.39 is 16.4 Å². The van der Waals surface area contributed by atoms with E-state index in [0.717, 1.165) is 6.42 Å². The van der Waals surface area contributed by atoms with Gasteiger partial charge in [0.05, 0.1) is 18.6 Å². The molecule has 118 valence electrons. The zero-order valence-corrected chi connectivity index (χ0v) is 12.3. The molecule has 5 nitrogen and oxygen atoms in total. The summed E-state index contributed by atoms with van der Waals surface area (Å²) >= 11 is 0. The molecular formula is C13H17F2NO4S. The number of nitrogens with one attached hydrogen (secondary N) is 1. The number of sulfone groups is 1. The maximum atomic E-state index is 12.4. The highest BCUT2D eigenvalue weighted by Gasteiger charge is 2.24. The first kappa shape index (κ1) is 15.8. The summed E-state index contributed by atoms with van der Waals surface area (Å²) in [6.07, 6.45) is 1.31. The number of alkyl halides is 2. The number of rotatable bonds is 5. The van der Waals surface area contributed by atoms with E-state index in [1.54, 1.807) is 6.07 Å². The topological polar surface area (TPSA) is 64.6 Å². The van der Waals surface area contributed by atoms with Gasteiger partial charge in [-0.05, 0) is 25.0 Å². The Labute approximate surface area is 122 Å². The third-order valence-electron chi connectivity index (χ3n) is 3.21. The van der Waals surface area contributed by atoms with E-state index in [9.17, 15) is 17.2 Å². The van der Waals surface area contributed by atoms with E-state index in [0.29, 0.717) is 12.1 Å². The fraction of sp³-hybridized carbons (Fsp3) is 0.538. The quantitative estimate of drug-likeness (QED) is 0.901. The third kappa shape index (κ3) is 4.45. The smallest absolute Gasteiger partial charge is 0.387 e. The minimum absolute atomic E-state index is 0.0457. The van der Waals surface area contributed by atoms with Crippen LogP contribution in [-0.4, -0.2) is 39.7 Å². The van der Waals surface area contributed by atoms with Gasteiger partial charge in [-0.2, -0.15) is 8.78 Å². The average molecular weight is 321 g/mol. The lowest BCUT2D eigenvalue weighted by atomic mass is 10.1. The van der Waals surface area contributed by atoms with Crippen LogP contribution in [0, 0.1) is 0 Å². The van der Waals surface area contributed by atoms with Gasteiger partial charge in [-0.3, -0.25) is 0 Å². The van der Waals surface area contributed by atoms with E-state index in [1.807, 2.05) is 0 Å². The zero-order valence-electron chi connectivity index (χ0n) is 11.5. The molecule has 0 aromatic heterocycles. The molecule has 1 aliphatic rings. The minimum Gasteiger partial charge on any atom is -0.493 e. The molecule has 8 heteroatoms. The second kappa shape index (κ2) is 6.46. The molecule has 1 unspecified atom stereocenters. The van der Waals surface area contributed by atoms with E-state index in [4.69, 9.17) is 4.74 Å². The van der Waals surface area contributed by atoms with Crippen LogP contribution in [-0.2, 0) is 9.84 Å². The van der Waals surface area contributed by atoms with Gasteiger partial charge in [0.1, 0.15) is 0 Å². The van der Waals surface area contributed by atoms with Crippen LogP contribution in [0.1, 0.15) is 12.8 Å². The summed E-state index contributed by atoms with van der Waals surface area (Å²) in [6.45, 7) is -2.95. The summed E-state index contributed by atoms with van der Waals surface area (Å²) in [5, 5.41) is 3.04. The average Bonchev–Trinajstić information content (AvgIpc) is 2.37. The van der Waals surface area contributed by atoms with E-state index in [2.05, 4.69) is 10.1 Å². The molecular weight excluding hydrogens is 304 g/mol.